The first kappa shape index (κ1) is 19.0. The molecule has 0 aromatic heterocycles. The van der Waals surface area contributed by atoms with Crippen LogP contribution in [0.5, 0.6) is 5.75 Å². The Kier molecular flexibility index (Phi) is 5.83. The first-order chi connectivity index (χ1) is 13.0. The van der Waals surface area contributed by atoms with Gasteiger partial charge in [-0.1, -0.05) is 0 Å². The van der Waals surface area contributed by atoms with E-state index in [9.17, 15) is 14.4 Å². The Bertz CT molecular complexity index is 724. The van der Waals surface area contributed by atoms with Gasteiger partial charge < -0.3 is 25.6 Å². The fraction of sp³-hybridized carbons (Fsp3) is 0.526. The van der Waals surface area contributed by atoms with Crippen molar-refractivity contribution in [1.82, 2.24) is 10.2 Å². The summed E-state index contributed by atoms with van der Waals surface area (Å²) in [6.45, 7) is 2.56. The third-order valence-electron chi connectivity index (χ3n) is 4.84. The molecule has 3 N–H and O–H groups in total. The standard InChI is InChI=1S/C19H26N4O4/c1-12(24)20-15-5-6-17(27-2)16(11-15)22-18(25)13-7-9-23(10-8-13)19(26)21-14-3-4-14/h5-6,11,13-14H,3-4,7-10H2,1-2H3,(H,20,24)(H,21,26)(H,22,25). The zero-order valence-corrected chi connectivity index (χ0v) is 15.7. The van der Waals surface area contributed by atoms with Gasteiger partial charge in [-0.15, -0.1) is 0 Å². The second-order valence-electron chi connectivity index (χ2n) is 7.07. The SMILES string of the molecule is COc1ccc(NC(C)=O)cc1NC(=O)C1CCN(C(=O)NC2CC2)CC1. The van der Waals surface area contributed by atoms with Crippen LogP contribution in [-0.2, 0) is 9.59 Å². The number of hydrogen-bond acceptors (Lipinski definition) is 4. The average molecular weight is 374 g/mol. The molecule has 1 saturated carbocycles. The Morgan fingerprint density at radius 3 is 2.37 bits per heavy atom. The predicted octanol–water partition coefficient (Wildman–Crippen LogP) is 2.18. The van der Waals surface area contributed by atoms with Crippen molar-refractivity contribution in [2.75, 3.05) is 30.8 Å². The van der Waals surface area contributed by atoms with E-state index < -0.39 is 0 Å². The molecule has 27 heavy (non-hydrogen) atoms. The van der Waals surface area contributed by atoms with Gasteiger partial charge in [0.05, 0.1) is 12.8 Å². The van der Waals surface area contributed by atoms with Gasteiger partial charge in [-0.05, 0) is 43.9 Å². The highest BCUT2D eigenvalue weighted by molar-refractivity contribution is 5.96. The minimum absolute atomic E-state index is 0.0268. The Labute approximate surface area is 158 Å². The van der Waals surface area contributed by atoms with Crippen molar-refractivity contribution in [3.8, 4) is 5.75 Å². The van der Waals surface area contributed by atoms with E-state index in [0.29, 0.717) is 49.1 Å². The highest BCUT2D eigenvalue weighted by Crippen LogP contribution is 2.29. The Morgan fingerprint density at radius 2 is 1.78 bits per heavy atom. The maximum Gasteiger partial charge on any atom is 0.317 e. The quantitative estimate of drug-likeness (QED) is 0.735. The van der Waals surface area contributed by atoms with Crippen LogP contribution in [0.25, 0.3) is 0 Å². The number of hydrogen-bond donors (Lipinski definition) is 3. The number of anilines is 2. The number of nitrogens with zero attached hydrogens (tertiary/aromatic N) is 1. The molecule has 2 aliphatic rings. The number of piperidine rings is 1. The molecule has 1 aliphatic carbocycles. The molecular weight excluding hydrogens is 348 g/mol. The van der Waals surface area contributed by atoms with Crippen molar-refractivity contribution in [3.05, 3.63) is 18.2 Å². The van der Waals surface area contributed by atoms with Gasteiger partial charge in [-0.3, -0.25) is 9.59 Å². The second kappa shape index (κ2) is 8.28. The van der Waals surface area contributed by atoms with Gasteiger partial charge in [0.2, 0.25) is 11.8 Å². The van der Waals surface area contributed by atoms with Crippen LogP contribution < -0.4 is 20.7 Å². The molecule has 3 rings (SSSR count). The van der Waals surface area contributed by atoms with Crippen molar-refractivity contribution < 1.29 is 19.1 Å². The number of methoxy groups -OCH3 is 1. The normalized spacial score (nSPS) is 17.2. The summed E-state index contributed by atoms with van der Waals surface area (Å²) in [7, 11) is 1.53. The second-order valence-corrected chi connectivity index (χ2v) is 7.07. The van der Waals surface area contributed by atoms with Crippen LogP contribution in [0.1, 0.15) is 32.6 Å². The average Bonchev–Trinajstić information content (AvgIpc) is 3.45. The molecule has 2 fully saturated rings. The van der Waals surface area contributed by atoms with E-state index in [1.807, 2.05) is 0 Å². The lowest BCUT2D eigenvalue weighted by molar-refractivity contribution is -0.121. The zero-order chi connectivity index (χ0) is 19.4. The van der Waals surface area contributed by atoms with E-state index in [4.69, 9.17) is 4.74 Å². The summed E-state index contributed by atoms with van der Waals surface area (Å²) >= 11 is 0. The number of rotatable bonds is 5. The van der Waals surface area contributed by atoms with E-state index in [0.717, 1.165) is 12.8 Å². The number of ether oxygens (including phenoxy) is 1. The smallest absolute Gasteiger partial charge is 0.317 e. The van der Waals surface area contributed by atoms with Gasteiger partial charge >= 0.3 is 6.03 Å². The van der Waals surface area contributed by atoms with Gasteiger partial charge in [0, 0.05) is 37.7 Å². The number of urea groups is 1. The molecule has 8 nitrogen and oxygen atoms in total. The van der Waals surface area contributed by atoms with Crippen LogP contribution in [-0.4, -0.2) is 49.0 Å². The van der Waals surface area contributed by atoms with Crippen LogP contribution in [0, 0.1) is 5.92 Å². The largest absolute Gasteiger partial charge is 0.495 e. The molecule has 1 aromatic carbocycles. The number of carbonyl (C=O) groups is 3. The minimum Gasteiger partial charge on any atom is -0.495 e. The van der Waals surface area contributed by atoms with E-state index >= 15 is 0 Å². The van der Waals surface area contributed by atoms with Crippen molar-refractivity contribution in [3.63, 3.8) is 0 Å². The number of nitrogens with one attached hydrogen (secondary N) is 3. The van der Waals surface area contributed by atoms with Crippen LogP contribution in [0.3, 0.4) is 0 Å². The number of carbonyl (C=O) groups excluding carboxylic acids is 3. The van der Waals surface area contributed by atoms with Crippen LogP contribution in [0.2, 0.25) is 0 Å². The number of likely N-dealkylation sites (tertiary alicyclic amines) is 1. The Balaban J connectivity index is 1.57. The fourth-order valence-corrected chi connectivity index (χ4v) is 3.16. The summed E-state index contributed by atoms with van der Waals surface area (Å²) in [6, 6.07) is 5.40. The van der Waals surface area contributed by atoms with E-state index in [1.54, 1.807) is 23.1 Å². The van der Waals surface area contributed by atoms with Gasteiger partial charge in [-0.2, -0.15) is 0 Å². The zero-order valence-electron chi connectivity index (χ0n) is 15.7. The molecular formula is C19H26N4O4. The molecule has 8 heteroatoms. The highest BCUT2D eigenvalue weighted by Gasteiger charge is 2.30. The molecule has 1 aromatic rings. The van der Waals surface area contributed by atoms with Crippen LogP contribution in [0.4, 0.5) is 16.2 Å². The molecule has 0 spiro atoms. The van der Waals surface area contributed by atoms with Gasteiger partial charge in [0.15, 0.2) is 0 Å². The van der Waals surface area contributed by atoms with E-state index in [-0.39, 0.29) is 23.8 Å². The molecule has 4 amide bonds. The van der Waals surface area contributed by atoms with Crippen LogP contribution >= 0.6 is 0 Å². The molecule has 0 unspecified atom stereocenters. The van der Waals surface area contributed by atoms with Crippen LogP contribution in [0.15, 0.2) is 18.2 Å². The van der Waals surface area contributed by atoms with Crippen molar-refractivity contribution in [2.45, 2.75) is 38.6 Å². The van der Waals surface area contributed by atoms with E-state index in [2.05, 4.69) is 16.0 Å². The van der Waals surface area contributed by atoms with Crippen molar-refractivity contribution in [1.29, 1.82) is 0 Å². The lowest BCUT2D eigenvalue weighted by atomic mass is 9.96. The molecule has 146 valence electrons. The molecule has 0 atom stereocenters. The number of amides is 4. The summed E-state index contributed by atoms with van der Waals surface area (Å²) in [4.78, 5) is 37.8. The van der Waals surface area contributed by atoms with Crippen molar-refractivity contribution in [2.24, 2.45) is 5.92 Å². The molecule has 1 heterocycles. The van der Waals surface area contributed by atoms with Gasteiger partial charge in [0.1, 0.15) is 5.75 Å². The lowest BCUT2D eigenvalue weighted by Crippen LogP contribution is -2.46. The highest BCUT2D eigenvalue weighted by atomic mass is 16.5. The Morgan fingerprint density at radius 1 is 1.07 bits per heavy atom. The van der Waals surface area contributed by atoms with Crippen molar-refractivity contribution >= 4 is 29.2 Å². The topological polar surface area (TPSA) is 99.8 Å². The van der Waals surface area contributed by atoms with Gasteiger partial charge in [0.25, 0.3) is 0 Å². The lowest BCUT2D eigenvalue weighted by Gasteiger charge is -2.31. The minimum atomic E-state index is -0.186. The third kappa shape index (κ3) is 5.12. The third-order valence-corrected chi connectivity index (χ3v) is 4.84. The fourth-order valence-electron chi connectivity index (χ4n) is 3.16. The molecule has 1 saturated heterocycles. The summed E-state index contributed by atoms with van der Waals surface area (Å²) in [6.07, 6.45) is 3.36. The maximum absolute atomic E-state index is 12.7. The van der Waals surface area contributed by atoms with Gasteiger partial charge in [-0.25, -0.2) is 4.79 Å². The van der Waals surface area contributed by atoms with E-state index in [1.165, 1.54) is 14.0 Å². The molecule has 0 bridgehead atoms. The summed E-state index contributed by atoms with van der Waals surface area (Å²) in [5.41, 5.74) is 1.10. The predicted molar refractivity (Wildman–Crippen MR) is 102 cm³/mol. The Hall–Kier alpha value is -2.77. The monoisotopic (exact) mass is 374 g/mol. The first-order valence-corrected chi connectivity index (χ1v) is 9.28. The molecule has 1 aliphatic heterocycles. The summed E-state index contributed by atoms with van der Waals surface area (Å²) < 4.78 is 5.30. The number of benzene rings is 1. The summed E-state index contributed by atoms with van der Waals surface area (Å²) in [5.74, 6) is 0.0765. The molecule has 0 radical (unpaired) electrons. The summed E-state index contributed by atoms with van der Waals surface area (Å²) in [5, 5.41) is 8.57. The maximum atomic E-state index is 12.7. The first-order valence-electron chi connectivity index (χ1n) is 9.28.